The summed E-state index contributed by atoms with van der Waals surface area (Å²) in [6.45, 7) is 5.14. The van der Waals surface area contributed by atoms with Crippen LogP contribution < -0.4 is 5.32 Å². The van der Waals surface area contributed by atoms with Gasteiger partial charge in [-0.3, -0.25) is 0 Å². The quantitative estimate of drug-likeness (QED) is 0.709. The average Bonchev–Trinajstić information content (AvgIpc) is 2.59. The Morgan fingerprint density at radius 3 is 2.13 bits per heavy atom. The highest BCUT2D eigenvalue weighted by Gasteiger charge is 2.36. The summed E-state index contributed by atoms with van der Waals surface area (Å²) in [5.41, 5.74) is 0. The lowest BCUT2D eigenvalue weighted by atomic mass is 9.93. The van der Waals surface area contributed by atoms with Gasteiger partial charge in [-0.2, -0.15) is 0 Å². The van der Waals surface area contributed by atoms with E-state index in [2.05, 4.69) is 17.1 Å². The molecule has 3 rings (SSSR count). The van der Waals surface area contributed by atoms with Crippen molar-refractivity contribution in [2.45, 2.75) is 63.6 Å². The van der Waals surface area contributed by atoms with Gasteiger partial charge in [-0.25, -0.2) is 0 Å². The van der Waals surface area contributed by atoms with E-state index in [0.717, 1.165) is 24.0 Å². The van der Waals surface area contributed by atoms with Gasteiger partial charge >= 0.3 is 0 Å². The third-order valence-corrected chi connectivity index (χ3v) is 4.78. The zero-order valence-electron chi connectivity index (χ0n) is 9.91. The van der Waals surface area contributed by atoms with Crippen LogP contribution in [0.3, 0.4) is 0 Å². The Kier molecular flexibility index (Phi) is 2.73. The fourth-order valence-corrected chi connectivity index (χ4v) is 3.72. The molecule has 0 aromatic rings. The molecule has 0 aliphatic carbocycles. The Labute approximate surface area is 93.4 Å². The number of hydrogen-bond acceptors (Lipinski definition) is 2. The van der Waals surface area contributed by atoms with Crippen molar-refractivity contribution in [1.82, 2.24) is 10.2 Å². The molecule has 2 nitrogen and oxygen atoms in total. The second-order valence-electron chi connectivity index (χ2n) is 5.98. The van der Waals surface area contributed by atoms with Gasteiger partial charge in [0.25, 0.3) is 0 Å². The first kappa shape index (κ1) is 10.1. The molecule has 3 fully saturated rings. The van der Waals surface area contributed by atoms with Crippen molar-refractivity contribution in [2.75, 3.05) is 13.1 Å². The molecule has 86 valence electrons. The third kappa shape index (κ3) is 2.07. The van der Waals surface area contributed by atoms with Crippen LogP contribution in [0.4, 0.5) is 0 Å². The average molecular weight is 208 g/mol. The maximum absolute atomic E-state index is 3.74. The molecule has 3 saturated heterocycles. The molecule has 2 heteroatoms. The monoisotopic (exact) mass is 208 g/mol. The third-order valence-electron chi connectivity index (χ3n) is 4.78. The van der Waals surface area contributed by atoms with Crippen molar-refractivity contribution in [3.8, 4) is 0 Å². The number of hydrogen-bond donors (Lipinski definition) is 1. The number of fused-ring (bicyclic) bond motifs is 2. The van der Waals surface area contributed by atoms with Crippen LogP contribution in [0, 0.1) is 5.92 Å². The highest BCUT2D eigenvalue weighted by molar-refractivity contribution is 4.96. The van der Waals surface area contributed by atoms with Crippen molar-refractivity contribution < 1.29 is 0 Å². The van der Waals surface area contributed by atoms with Crippen LogP contribution in [-0.2, 0) is 0 Å². The van der Waals surface area contributed by atoms with Gasteiger partial charge in [0.2, 0.25) is 0 Å². The predicted octanol–water partition coefficient (Wildman–Crippen LogP) is 2.00. The molecule has 0 radical (unpaired) electrons. The van der Waals surface area contributed by atoms with Crippen LogP contribution in [-0.4, -0.2) is 36.1 Å². The van der Waals surface area contributed by atoms with E-state index in [0.29, 0.717) is 0 Å². The van der Waals surface area contributed by atoms with Crippen LogP contribution in [0.15, 0.2) is 0 Å². The van der Waals surface area contributed by atoms with Crippen molar-refractivity contribution >= 4 is 0 Å². The van der Waals surface area contributed by atoms with Crippen molar-refractivity contribution in [2.24, 2.45) is 5.92 Å². The Morgan fingerprint density at radius 2 is 1.53 bits per heavy atom. The summed E-state index contributed by atoms with van der Waals surface area (Å²) < 4.78 is 0. The number of likely N-dealkylation sites (tertiary alicyclic amines) is 1. The lowest BCUT2D eigenvalue weighted by Crippen LogP contribution is -2.50. The van der Waals surface area contributed by atoms with E-state index in [4.69, 9.17) is 0 Å². The second-order valence-corrected chi connectivity index (χ2v) is 5.98. The van der Waals surface area contributed by atoms with Crippen LogP contribution in [0.1, 0.15) is 45.4 Å². The normalized spacial score (nSPS) is 43.4. The largest absolute Gasteiger partial charge is 0.311 e. The smallest absolute Gasteiger partial charge is 0.0125 e. The van der Waals surface area contributed by atoms with Crippen molar-refractivity contribution in [3.63, 3.8) is 0 Å². The molecule has 3 heterocycles. The Balaban J connectivity index is 1.58. The van der Waals surface area contributed by atoms with E-state index in [-0.39, 0.29) is 0 Å². The molecule has 3 aliphatic heterocycles. The molecule has 2 bridgehead atoms. The van der Waals surface area contributed by atoms with E-state index < -0.39 is 0 Å². The second kappa shape index (κ2) is 4.06. The molecular formula is C13H24N2. The van der Waals surface area contributed by atoms with Gasteiger partial charge in [0, 0.05) is 18.1 Å². The first-order valence-corrected chi connectivity index (χ1v) is 6.81. The number of nitrogens with zero attached hydrogens (tertiary/aromatic N) is 1. The molecule has 0 aromatic heterocycles. The summed E-state index contributed by atoms with van der Waals surface area (Å²) in [5.74, 6) is 0.972. The maximum atomic E-state index is 3.74. The van der Waals surface area contributed by atoms with E-state index in [1.807, 2.05) is 0 Å². The van der Waals surface area contributed by atoms with Gasteiger partial charge in [0.1, 0.15) is 0 Å². The van der Waals surface area contributed by atoms with Crippen LogP contribution in [0.5, 0.6) is 0 Å². The number of piperidine rings is 2. The highest BCUT2D eigenvalue weighted by atomic mass is 15.2. The summed E-state index contributed by atoms with van der Waals surface area (Å²) in [5, 5.41) is 3.74. The number of nitrogens with one attached hydrogen (secondary N) is 1. The molecule has 0 amide bonds. The molecular weight excluding hydrogens is 184 g/mol. The zero-order valence-corrected chi connectivity index (χ0v) is 9.91. The lowest BCUT2D eigenvalue weighted by molar-refractivity contribution is 0.101. The maximum Gasteiger partial charge on any atom is 0.0125 e. The van der Waals surface area contributed by atoms with E-state index >= 15 is 0 Å². The van der Waals surface area contributed by atoms with Gasteiger partial charge in [-0.15, -0.1) is 0 Å². The van der Waals surface area contributed by atoms with Gasteiger partial charge < -0.3 is 10.2 Å². The summed E-state index contributed by atoms with van der Waals surface area (Å²) in [4.78, 5) is 2.78. The van der Waals surface area contributed by atoms with Gasteiger partial charge in [0.05, 0.1) is 0 Å². The number of rotatable bonds is 1. The molecule has 0 aromatic carbocycles. The fraction of sp³-hybridized carbons (Fsp3) is 1.00. The SMILES string of the molecule is CC1CCN(C2CC3CC[C@@H](C2)N3)CC1. The minimum atomic E-state index is 0.855. The molecule has 3 aliphatic rings. The summed E-state index contributed by atoms with van der Waals surface area (Å²) in [6, 6.07) is 2.62. The minimum Gasteiger partial charge on any atom is -0.311 e. The van der Waals surface area contributed by atoms with Gasteiger partial charge in [-0.05, 0) is 57.5 Å². The van der Waals surface area contributed by atoms with E-state index in [9.17, 15) is 0 Å². The van der Waals surface area contributed by atoms with Crippen LogP contribution in [0.25, 0.3) is 0 Å². The van der Waals surface area contributed by atoms with Gasteiger partial charge in [-0.1, -0.05) is 6.92 Å². The van der Waals surface area contributed by atoms with Crippen LogP contribution in [0.2, 0.25) is 0 Å². The summed E-state index contributed by atoms with van der Waals surface area (Å²) >= 11 is 0. The standard InChI is InChI=1S/C13H24N2/c1-10-4-6-15(7-5-10)13-8-11-2-3-12(9-13)14-11/h10-14H,2-9H2,1H3/t11-,12?,13?/m0/s1. The molecule has 0 spiro atoms. The first-order valence-electron chi connectivity index (χ1n) is 6.81. The summed E-state index contributed by atoms with van der Waals surface area (Å²) in [7, 11) is 0. The topological polar surface area (TPSA) is 15.3 Å². The first-order chi connectivity index (χ1) is 7.31. The molecule has 3 atom stereocenters. The Morgan fingerprint density at radius 1 is 0.933 bits per heavy atom. The molecule has 0 saturated carbocycles. The minimum absolute atomic E-state index is 0.855. The van der Waals surface area contributed by atoms with Crippen molar-refractivity contribution in [1.29, 1.82) is 0 Å². The Hall–Kier alpha value is -0.0800. The molecule has 1 N–H and O–H groups in total. The fourth-order valence-electron chi connectivity index (χ4n) is 3.72. The molecule has 2 unspecified atom stereocenters. The lowest BCUT2D eigenvalue weighted by Gasteiger charge is -2.41. The summed E-state index contributed by atoms with van der Waals surface area (Å²) in [6.07, 6.45) is 8.57. The van der Waals surface area contributed by atoms with E-state index in [1.165, 1.54) is 51.6 Å². The predicted molar refractivity (Wildman–Crippen MR) is 62.9 cm³/mol. The Bertz CT molecular complexity index is 209. The van der Waals surface area contributed by atoms with Gasteiger partial charge in [0.15, 0.2) is 0 Å². The van der Waals surface area contributed by atoms with Crippen molar-refractivity contribution in [3.05, 3.63) is 0 Å². The molecule has 15 heavy (non-hydrogen) atoms. The van der Waals surface area contributed by atoms with Crippen LogP contribution >= 0.6 is 0 Å². The zero-order chi connectivity index (χ0) is 10.3. The highest BCUT2D eigenvalue weighted by Crippen LogP contribution is 2.31. The van der Waals surface area contributed by atoms with E-state index in [1.54, 1.807) is 0 Å².